The van der Waals surface area contributed by atoms with Gasteiger partial charge < -0.3 is 24.3 Å². The quantitative estimate of drug-likeness (QED) is 0.764. The molecule has 0 atom stereocenters. The summed E-state index contributed by atoms with van der Waals surface area (Å²) in [6.45, 7) is 3.96. The fourth-order valence-electron chi connectivity index (χ4n) is 2.61. The van der Waals surface area contributed by atoms with Gasteiger partial charge in [0.2, 0.25) is 0 Å². The first kappa shape index (κ1) is 19.7. The van der Waals surface area contributed by atoms with Crippen molar-refractivity contribution in [3.8, 4) is 11.5 Å². The Balaban J connectivity index is 1.63. The van der Waals surface area contributed by atoms with Crippen LogP contribution in [0.5, 0.6) is 11.5 Å². The number of rotatable bonds is 5. The zero-order valence-corrected chi connectivity index (χ0v) is 16.4. The van der Waals surface area contributed by atoms with Crippen LogP contribution in [0.25, 0.3) is 0 Å². The summed E-state index contributed by atoms with van der Waals surface area (Å²) in [5, 5.41) is 2.96. The number of benzene rings is 1. The number of carbonyl (C=O) groups excluding carboxylic acids is 3. The van der Waals surface area contributed by atoms with Gasteiger partial charge in [-0.15, -0.1) is 11.3 Å². The van der Waals surface area contributed by atoms with E-state index in [0.29, 0.717) is 35.3 Å². The Hall–Kier alpha value is -3.07. The Morgan fingerprint density at radius 1 is 1.11 bits per heavy atom. The van der Waals surface area contributed by atoms with E-state index in [1.165, 1.54) is 30.6 Å². The second-order valence-electron chi connectivity index (χ2n) is 5.96. The van der Waals surface area contributed by atoms with Crippen molar-refractivity contribution in [2.45, 2.75) is 13.8 Å². The number of amides is 1. The molecule has 0 radical (unpaired) electrons. The van der Waals surface area contributed by atoms with Gasteiger partial charge in [0.15, 0.2) is 18.1 Å². The molecular weight excluding hydrogens is 386 g/mol. The van der Waals surface area contributed by atoms with Crippen molar-refractivity contribution >= 4 is 34.2 Å². The molecule has 3 rings (SSSR count). The number of aryl methyl sites for hydroxylation is 1. The van der Waals surface area contributed by atoms with Gasteiger partial charge in [0.25, 0.3) is 5.91 Å². The van der Waals surface area contributed by atoms with Crippen molar-refractivity contribution in [2.75, 3.05) is 32.2 Å². The van der Waals surface area contributed by atoms with Crippen LogP contribution in [0.3, 0.4) is 0 Å². The summed E-state index contributed by atoms with van der Waals surface area (Å²) in [6, 6.07) is 4.66. The van der Waals surface area contributed by atoms with Crippen LogP contribution in [0.4, 0.5) is 5.00 Å². The third-order valence-electron chi connectivity index (χ3n) is 4.14. The summed E-state index contributed by atoms with van der Waals surface area (Å²) < 4.78 is 20.6. The number of carbonyl (C=O) groups is 3. The predicted octanol–water partition coefficient (Wildman–Crippen LogP) is 2.72. The maximum absolute atomic E-state index is 12.2. The maximum atomic E-state index is 12.2. The lowest BCUT2D eigenvalue weighted by Gasteiger charge is -2.18. The molecule has 9 heteroatoms. The van der Waals surface area contributed by atoms with Gasteiger partial charge in [-0.2, -0.15) is 0 Å². The fourth-order valence-corrected chi connectivity index (χ4v) is 3.68. The lowest BCUT2D eigenvalue weighted by molar-refractivity contribution is -0.119. The highest BCUT2D eigenvalue weighted by Crippen LogP contribution is 2.33. The number of ether oxygens (including phenoxy) is 4. The summed E-state index contributed by atoms with van der Waals surface area (Å²) in [7, 11) is 1.27. The van der Waals surface area contributed by atoms with Gasteiger partial charge in [0, 0.05) is 4.88 Å². The van der Waals surface area contributed by atoms with Crippen LogP contribution in [-0.2, 0) is 14.3 Å². The second-order valence-corrected chi connectivity index (χ2v) is 7.19. The minimum atomic E-state index is -0.668. The van der Waals surface area contributed by atoms with E-state index in [0.717, 1.165) is 10.4 Å². The van der Waals surface area contributed by atoms with Gasteiger partial charge in [-0.25, -0.2) is 9.59 Å². The molecule has 0 aliphatic carbocycles. The van der Waals surface area contributed by atoms with Crippen LogP contribution >= 0.6 is 11.3 Å². The number of thiophene rings is 1. The Morgan fingerprint density at radius 2 is 1.82 bits per heavy atom. The molecule has 1 aliphatic heterocycles. The smallest absolute Gasteiger partial charge is 0.341 e. The van der Waals surface area contributed by atoms with E-state index >= 15 is 0 Å². The third-order valence-corrected chi connectivity index (χ3v) is 5.26. The Morgan fingerprint density at radius 3 is 2.54 bits per heavy atom. The molecule has 2 aromatic rings. The van der Waals surface area contributed by atoms with Crippen molar-refractivity contribution in [2.24, 2.45) is 0 Å². The Kier molecular flexibility index (Phi) is 5.84. The average Bonchev–Trinajstić information content (AvgIpc) is 2.98. The summed E-state index contributed by atoms with van der Waals surface area (Å²) in [4.78, 5) is 37.2. The largest absolute Gasteiger partial charge is 0.486 e. The van der Waals surface area contributed by atoms with Crippen molar-refractivity contribution in [3.63, 3.8) is 0 Å². The van der Waals surface area contributed by atoms with Crippen LogP contribution in [0, 0.1) is 13.8 Å². The summed E-state index contributed by atoms with van der Waals surface area (Å²) >= 11 is 1.26. The van der Waals surface area contributed by atoms with Gasteiger partial charge >= 0.3 is 11.9 Å². The number of anilines is 1. The number of fused-ring (bicyclic) bond motifs is 1. The normalized spacial score (nSPS) is 12.2. The minimum Gasteiger partial charge on any atom is -0.486 e. The number of methoxy groups -OCH3 is 1. The molecule has 1 amide bonds. The van der Waals surface area contributed by atoms with Crippen LogP contribution in [0.15, 0.2) is 18.2 Å². The predicted molar refractivity (Wildman–Crippen MR) is 101 cm³/mol. The van der Waals surface area contributed by atoms with E-state index in [1.54, 1.807) is 13.0 Å². The highest BCUT2D eigenvalue weighted by molar-refractivity contribution is 7.16. The van der Waals surface area contributed by atoms with E-state index in [-0.39, 0.29) is 5.56 Å². The van der Waals surface area contributed by atoms with Crippen molar-refractivity contribution in [3.05, 3.63) is 39.8 Å². The van der Waals surface area contributed by atoms with Gasteiger partial charge in [-0.1, -0.05) is 0 Å². The highest BCUT2D eigenvalue weighted by Gasteiger charge is 2.22. The molecular formula is C19H19NO7S. The molecule has 0 saturated carbocycles. The van der Waals surface area contributed by atoms with Crippen LogP contribution in [0.1, 0.15) is 31.2 Å². The number of hydrogen-bond acceptors (Lipinski definition) is 8. The molecule has 0 spiro atoms. The first-order chi connectivity index (χ1) is 13.4. The zero-order valence-electron chi connectivity index (χ0n) is 15.6. The SMILES string of the molecule is COC(=O)c1c(NC(=O)COC(=O)c2ccc3c(c2)OCCO3)sc(C)c1C. The summed E-state index contributed by atoms with van der Waals surface area (Å²) in [5.41, 5.74) is 1.28. The molecule has 1 aromatic heterocycles. The van der Waals surface area contributed by atoms with Gasteiger partial charge in [-0.3, -0.25) is 4.79 Å². The topological polar surface area (TPSA) is 100 Å². The van der Waals surface area contributed by atoms with Gasteiger partial charge in [0.05, 0.1) is 18.2 Å². The molecule has 1 aromatic carbocycles. The second kappa shape index (κ2) is 8.30. The molecule has 148 valence electrons. The van der Waals surface area contributed by atoms with Gasteiger partial charge in [0.1, 0.15) is 18.2 Å². The number of nitrogens with one attached hydrogen (secondary N) is 1. The average molecular weight is 405 g/mol. The van der Waals surface area contributed by atoms with E-state index < -0.39 is 24.5 Å². The van der Waals surface area contributed by atoms with Crippen molar-refractivity contribution < 1.29 is 33.3 Å². The van der Waals surface area contributed by atoms with Crippen molar-refractivity contribution in [1.29, 1.82) is 0 Å². The zero-order chi connectivity index (χ0) is 20.3. The standard InChI is InChI=1S/C19H19NO7S/c1-10-11(2)28-17(16(10)19(23)24-3)20-15(21)9-27-18(22)12-4-5-13-14(8-12)26-7-6-25-13/h4-5,8H,6-7,9H2,1-3H3,(H,20,21). The lowest BCUT2D eigenvalue weighted by atomic mass is 10.1. The third kappa shape index (κ3) is 4.09. The molecule has 28 heavy (non-hydrogen) atoms. The molecule has 2 heterocycles. The van der Waals surface area contributed by atoms with E-state index in [1.807, 2.05) is 6.92 Å². The van der Waals surface area contributed by atoms with E-state index in [2.05, 4.69) is 5.32 Å². The highest BCUT2D eigenvalue weighted by atomic mass is 32.1. The molecule has 1 aliphatic rings. The number of hydrogen-bond donors (Lipinski definition) is 1. The Labute approximate surface area is 165 Å². The van der Waals surface area contributed by atoms with Crippen LogP contribution in [-0.4, -0.2) is 44.8 Å². The Bertz CT molecular complexity index is 935. The molecule has 0 unspecified atom stereocenters. The fraction of sp³-hybridized carbons (Fsp3) is 0.316. The molecule has 8 nitrogen and oxygen atoms in total. The molecule has 0 fully saturated rings. The summed E-state index contributed by atoms with van der Waals surface area (Å²) in [6.07, 6.45) is 0. The van der Waals surface area contributed by atoms with Crippen LogP contribution < -0.4 is 14.8 Å². The molecule has 1 N–H and O–H groups in total. The van der Waals surface area contributed by atoms with E-state index in [9.17, 15) is 14.4 Å². The first-order valence-electron chi connectivity index (χ1n) is 8.45. The monoisotopic (exact) mass is 405 g/mol. The summed E-state index contributed by atoms with van der Waals surface area (Å²) in [5.74, 6) is -0.752. The lowest BCUT2D eigenvalue weighted by Crippen LogP contribution is -2.22. The van der Waals surface area contributed by atoms with E-state index in [4.69, 9.17) is 18.9 Å². The maximum Gasteiger partial charge on any atom is 0.341 e. The molecule has 0 saturated heterocycles. The van der Waals surface area contributed by atoms with Gasteiger partial charge in [-0.05, 0) is 37.6 Å². The minimum absolute atomic E-state index is 0.245. The first-order valence-corrected chi connectivity index (χ1v) is 9.27. The molecule has 0 bridgehead atoms. The van der Waals surface area contributed by atoms with Crippen LogP contribution in [0.2, 0.25) is 0 Å². The van der Waals surface area contributed by atoms with Crippen molar-refractivity contribution in [1.82, 2.24) is 0 Å². The number of esters is 2.